The van der Waals surface area contributed by atoms with Crippen LogP contribution in [0.5, 0.6) is 0 Å². The standard InChI is InChI=1S/C30H39NO4/c1-19-15-29-16-23-25-28(2,18-31(23)27(33)35-17-20-7-4-3-5-8-20)9-6-10-30(25)24(29)14-21(19)13-22(29)26(30)34-12-11-32/h3-5,7-8,21-26,32H,1,6,9-18H2,2H3/t21?,22?,23-,24?,25-,26+,28+,29+,30?/m1/s1. The summed E-state index contributed by atoms with van der Waals surface area (Å²) in [6.07, 6.45) is 8.24. The number of rotatable bonds is 5. The molecule has 5 bridgehead atoms. The van der Waals surface area contributed by atoms with Crippen molar-refractivity contribution in [2.45, 2.75) is 70.6 Å². The molecule has 5 heteroatoms. The van der Waals surface area contributed by atoms with Gasteiger partial charge in [0.25, 0.3) is 0 Å². The summed E-state index contributed by atoms with van der Waals surface area (Å²) in [6.45, 7) is 8.60. The average Bonchev–Trinajstić information content (AvgIpc) is 3.15. The lowest BCUT2D eigenvalue weighted by Crippen LogP contribution is -2.61. The van der Waals surface area contributed by atoms with Gasteiger partial charge in [0.05, 0.1) is 19.3 Å². The number of aliphatic hydroxyl groups is 1. The Hall–Kier alpha value is -1.85. The molecule has 5 nitrogen and oxygen atoms in total. The van der Waals surface area contributed by atoms with E-state index in [-0.39, 0.29) is 41.1 Å². The van der Waals surface area contributed by atoms with Crippen LogP contribution in [-0.2, 0) is 16.1 Å². The molecule has 1 amide bonds. The molecule has 1 heterocycles. The number of benzene rings is 1. The minimum Gasteiger partial charge on any atom is -0.445 e. The lowest BCUT2D eigenvalue weighted by molar-refractivity contribution is -0.156. The van der Waals surface area contributed by atoms with E-state index >= 15 is 0 Å². The van der Waals surface area contributed by atoms with Crippen LogP contribution in [0.2, 0.25) is 0 Å². The number of ether oxygens (including phenoxy) is 2. The molecule has 188 valence electrons. The summed E-state index contributed by atoms with van der Waals surface area (Å²) in [7, 11) is 0. The first kappa shape index (κ1) is 22.4. The second-order valence-electron chi connectivity index (χ2n) is 12.9. The quantitative estimate of drug-likeness (QED) is 0.594. The number of hydrogen-bond donors (Lipinski definition) is 1. The van der Waals surface area contributed by atoms with Crippen molar-refractivity contribution in [1.82, 2.24) is 4.90 Å². The summed E-state index contributed by atoms with van der Waals surface area (Å²) < 4.78 is 12.6. The Morgan fingerprint density at radius 2 is 2.06 bits per heavy atom. The molecule has 1 aromatic rings. The summed E-state index contributed by atoms with van der Waals surface area (Å²) in [5, 5.41) is 9.70. The Bertz CT molecular complexity index is 1040. The molecule has 1 saturated heterocycles. The van der Waals surface area contributed by atoms with E-state index < -0.39 is 0 Å². The minimum absolute atomic E-state index is 0.0798. The van der Waals surface area contributed by atoms with Gasteiger partial charge in [0.15, 0.2) is 0 Å². The third-order valence-electron chi connectivity index (χ3n) is 11.6. The highest BCUT2D eigenvalue weighted by Gasteiger charge is 2.81. The van der Waals surface area contributed by atoms with Crippen LogP contribution in [0.25, 0.3) is 0 Å². The molecule has 0 aromatic heterocycles. The van der Waals surface area contributed by atoms with Gasteiger partial charge in [-0.15, -0.1) is 0 Å². The maximum atomic E-state index is 13.6. The maximum absolute atomic E-state index is 13.6. The molecular formula is C30H39NO4. The van der Waals surface area contributed by atoms with Crippen molar-refractivity contribution in [3.63, 3.8) is 0 Å². The van der Waals surface area contributed by atoms with E-state index in [0.717, 1.165) is 24.9 Å². The van der Waals surface area contributed by atoms with E-state index in [1.54, 1.807) is 0 Å². The van der Waals surface area contributed by atoms with Gasteiger partial charge in [-0.25, -0.2) is 4.79 Å². The summed E-state index contributed by atoms with van der Waals surface area (Å²) in [5.74, 6) is 2.27. The fourth-order valence-electron chi connectivity index (χ4n) is 10.9. The Labute approximate surface area is 208 Å². The Morgan fingerprint density at radius 1 is 1.23 bits per heavy atom. The van der Waals surface area contributed by atoms with Crippen LogP contribution in [0.4, 0.5) is 4.79 Å². The number of likely N-dealkylation sites (tertiary alicyclic amines) is 1. The van der Waals surface area contributed by atoms with Gasteiger partial charge in [-0.2, -0.15) is 0 Å². The third kappa shape index (κ3) is 2.80. The van der Waals surface area contributed by atoms with Crippen molar-refractivity contribution >= 4 is 6.09 Å². The number of carbonyl (C=O) groups is 1. The topological polar surface area (TPSA) is 59.0 Å². The molecule has 9 atom stereocenters. The van der Waals surface area contributed by atoms with Gasteiger partial charge in [-0.05, 0) is 78.6 Å². The SMILES string of the molecule is C=C1C[C@@]23C[C@@H]4[C@H]5C6(CCC[C@@]5(C)CN4C(=O)OCc4ccccc4)C2CC1CC3[C@@H]6OCCO. The van der Waals surface area contributed by atoms with Crippen LogP contribution < -0.4 is 0 Å². The number of aliphatic hydroxyl groups excluding tert-OH is 1. The third-order valence-corrected chi connectivity index (χ3v) is 11.6. The van der Waals surface area contributed by atoms with Gasteiger partial charge in [-0.3, -0.25) is 0 Å². The summed E-state index contributed by atoms with van der Waals surface area (Å²) in [6, 6.07) is 10.2. The van der Waals surface area contributed by atoms with E-state index in [1.807, 2.05) is 30.3 Å². The zero-order valence-electron chi connectivity index (χ0n) is 21.0. The van der Waals surface area contributed by atoms with Gasteiger partial charge in [0.1, 0.15) is 6.61 Å². The molecule has 1 N–H and O–H groups in total. The predicted octanol–water partition coefficient (Wildman–Crippen LogP) is 5.18. The second kappa shape index (κ2) is 7.58. The van der Waals surface area contributed by atoms with E-state index in [0.29, 0.717) is 36.9 Å². The lowest BCUT2D eigenvalue weighted by Gasteiger charge is -2.63. The first-order chi connectivity index (χ1) is 16.9. The van der Waals surface area contributed by atoms with Crippen LogP contribution in [0.3, 0.4) is 0 Å². The smallest absolute Gasteiger partial charge is 0.410 e. The molecule has 4 unspecified atom stereocenters. The predicted molar refractivity (Wildman–Crippen MR) is 132 cm³/mol. The van der Waals surface area contributed by atoms with Crippen molar-refractivity contribution in [3.05, 3.63) is 48.0 Å². The first-order valence-electron chi connectivity index (χ1n) is 13.8. The molecule has 8 rings (SSSR count). The Balaban J connectivity index is 1.27. The molecule has 2 spiro atoms. The van der Waals surface area contributed by atoms with Gasteiger partial charge in [0.2, 0.25) is 0 Å². The number of hydrogen-bond acceptors (Lipinski definition) is 4. The number of fused-ring (bicyclic) bond motifs is 1. The summed E-state index contributed by atoms with van der Waals surface area (Å²) in [5.41, 5.74) is 2.87. The molecule has 0 radical (unpaired) electrons. The van der Waals surface area contributed by atoms with Crippen LogP contribution in [0, 0.1) is 39.9 Å². The van der Waals surface area contributed by atoms with Gasteiger partial charge in [-0.1, -0.05) is 55.8 Å². The van der Waals surface area contributed by atoms with Crippen molar-refractivity contribution in [1.29, 1.82) is 0 Å². The molecule has 1 aromatic carbocycles. The summed E-state index contributed by atoms with van der Waals surface area (Å²) in [4.78, 5) is 15.8. The monoisotopic (exact) mass is 477 g/mol. The van der Waals surface area contributed by atoms with E-state index in [1.165, 1.54) is 37.7 Å². The zero-order chi connectivity index (χ0) is 24.0. The molecule has 6 aliphatic carbocycles. The van der Waals surface area contributed by atoms with Crippen LogP contribution in [-0.4, -0.2) is 48.0 Å². The van der Waals surface area contributed by atoms with Crippen LogP contribution >= 0.6 is 0 Å². The number of allylic oxidation sites excluding steroid dienone is 1. The minimum atomic E-state index is -0.146. The molecule has 1 aliphatic heterocycles. The lowest BCUT2D eigenvalue weighted by atomic mass is 9.40. The highest BCUT2D eigenvalue weighted by molar-refractivity contribution is 5.69. The summed E-state index contributed by atoms with van der Waals surface area (Å²) >= 11 is 0. The van der Waals surface area contributed by atoms with Gasteiger partial charge < -0.3 is 19.5 Å². The second-order valence-corrected chi connectivity index (χ2v) is 12.9. The van der Waals surface area contributed by atoms with Crippen molar-refractivity contribution in [2.75, 3.05) is 19.8 Å². The molecule has 7 fully saturated rings. The number of carbonyl (C=O) groups excluding carboxylic acids is 1. The van der Waals surface area contributed by atoms with Crippen LogP contribution in [0.15, 0.2) is 42.5 Å². The Kier molecular flexibility index (Phi) is 4.84. The van der Waals surface area contributed by atoms with Gasteiger partial charge >= 0.3 is 6.09 Å². The van der Waals surface area contributed by atoms with E-state index in [4.69, 9.17) is 9.47 Å². The van der Waals surface area contributed by atoms with E-state index in [2.05, 4.69) is 18.4 Å². The highest BCUT2D eigenvalue weighted by atomic mass is 16.6. The first-order valence-corrected chi connectivity index (χ1v) is 13.8. The maximum Gasteiger partial charge on any atom is 0.410 e. The fraction of sp³-hybridized carbons (Fsp3) is 0.700. The molecule has 35 heavy (non-hydrogen) atoms. The Morgan fingerprint density at radius 3 is 2.86 bits per heavy atom. The number of amides is 1. The molecule has 6 saturated carbocycles. The highest BCUT2D eigenvalue weighted by Crippen LogP contribution is 2.82. The van der Waals surface area contributed by atoms with Gasteiger partial charge in [0, 0.05) is 18.0 Å². The molecular weight excluding hydrogens is 438 g/mol. The molecule has 7 aliphatic rings. The zero-order valence-corrected chi connectivity index (χ0v) is 21.0. The largest absolute Gasteiger partial charge is 0.445 e. The van der Waals surface area contributed by atoms with Crippen molar-refractivity contribution < 1.29 is 19.4 Å². The van der Waals surface area contributed by atoms with Crippen molar-refractivity contribution in [2.24, 2.45) is 39.9 Å². The van der Waals surface area contributed by atoms with Crippen molar-refractivity contribution in [3.8, 4) is 0 Å². The average molecular weight is 478 g/mol. The van der Waals surface area contributed by atoms with Crippen LogP contribution in [0.1, 0.15) is 57.4 Å². The fourth-order valence-corrected chi connectivity index (χ4v) is 10.9. The normalized spacial score (nSPS) is 46.6. The van der Waals surface area contributed by atoms with E-state index in [9.17, 15) is 9.90 Å². The number of nitrogens with zero attached hydrogens (tertiary/aromatic N) is 1.